The zero-order valence-electron chi connectivity index (χ0n) is 14.7. The predicted molar refractivity (Wildman–Crippen MR) is 87.6 cm³/mol. The maximum absolute atomic E-state index is 11.0. The summed E-state index contributed by atoms with van der Waals surface area (Å²) in [6.07, 6.45) is 10.0. The molecule has 8 atom stereocenters. The summed E-state index contributed by atoms with van der Waals surface area (Å²) in [5.41, 5.74) is 0.00543. The lowest BCUT2D eigenvalue weighted by atomic mass is 9.39. The minimum Gasteiger partial charge on any atom is -0.390 e. The summed E-state index contributed by atoms with van der Waals surface area (Å²) < 4.78 is 6.01. The van der Waals surface area contributed by atoms with Gasteiger partial charge in [-0.1, -0.05) is 13.3 Å². The second kappa shape index (κ2) is 4.34. The first-order valence-corrected chi connectivity index (χ1v) is 9.85. The number of aliphatic hydroxyl groups excluding tert-OH is 1. The Bertz CT molecular complexity index is 531. The van der Waals surface area contributed by atoms with E-state index in [1.165, 1.54) is 38.5 Å². The fraction of sp³-hybridized carbons (Fsp3) is 1.00. The lowest BCUT2D eigenvalue weighted by Crippen LogP contribution is -2.66. The van der Waals surface area contributed by atoms with Gasteiger partial charge in [0.1, 0.15) is 0 Å². The lowest BCUT2D eigenvalue weighted by molar-refractivity contribution is -0.330. The van der Waals surface area contributed by atoms with Crippen molar-refractivity contribution >= 4 is 0 Å². The van der Waals surface area contributed by atoms with E-state index in [2.05, 4.69) is 13.8 Å². The molecule has 23 heavy (non-hydrogen) atoms. The van der Waals surface area contributed by atoms with Crippen LogP contribution in [0, 0.1) is 34.0 Å². The van der Waals surface area contributed by atoms with Gasteiger partial charge in [-0.15, -0.1) is 0 Å². The summed E-state index contributed by atoms with van der Waals surface area (Å²) in [5, 5.41) is 22.0. The number of hydrogen-bond donors (Lipinski definition) is 2. The highest BCUT2D eigenvalue weighted by molar-refractivity contribution is 5.18. The predicted octanol–water partition coefficient (Wildman–Crippen LogP) is 3.48. The van der Waals surface area contributed by atoms with Crippen LogP contribution in [0.3, 0.4) is 0 Å². The quantitative estimate of drug-likeness (QED) is 0.718. The minimum absolute atomic E-state index is 0.0328. The first kappa shape index (κ1) is 15.2. The molecule has 0 radical (unpaired) electrons. The molecule has 5 fully saturated rings. The summed E-state index contributed by atoms with van der Waals surface area (Å²) in [6.45, 7) is 5.21. The fourth-order valence-corrected chi connectivity index (χ4v) is 8.52. The third-order valence-electron chi connectivity index (χ3n) is 9.24. The van der Waals surface area contributed by atoms with Crippen molar-refractivity contribution in [2.75, 3.05) is 6.61 Å². The summed E-state index contributed by atoms with van der Waals surface area (Å²) in [4.78, 5) is 0. The molecule has 2 N–H and O–H groups in total. The smallest absolute Gasteiger partial charge is 0.160 e. The molecular weight excluding hydrogens is 288 g/mol. The van der Waals surface area contributed by atoms with Crippen molar-refractivity contribution in [3.8, 4) is 0 Å². The molecule has 1 heterocycles. The van der Waals surface area contributed by atoms with Crippen LogP contribution < -0.4 is 0 Å². The van der Waals surface area contributed by atoms with Gasteiger partial charge in [-0.25, -0.2) is 0 Å². The van der Waals surface area contributed by atoms with Crippen molar-refractivity contribution in [3.05, 3.63) is 0 Å². The highest BCUT2D eigenvalue weighted by Crippen LogP contribution is 2.74. The highest BCUT2D eigenvalue weighted by Gasteiger charge is 2.71. The van der Waals surface area contributed by atoms with Gasteiger partial charge < -0.3 is 14.9 Å². The molecule has 4 bridgehead atoms. The number of rotatable bonds is 0. The van der Waals surface area contributed by atoms with Gasteiger partial charge >= 0.3 is 0 Å². The van der Waals surface area contributed by atoms with Gasteiger partial charge in [-0.3, -0.25) is 0 Å². The molecule has 4 saturated carbocycles. The Balaban J connectivity index is 1.62. The van der Waals surface area contributed by atoms with Gasteiger partial charge in [0.2, 0.25) is 0 Å². The molecule has 0 aromatic heterocycles. The van der Waals surface area contributed by atoms with E-state index in [-0.39, 0.29) is 16.2 Å². The zero-order chi connectivity index (χ0) is 16.1. The van der Waals surface area contributed by atoms with Crippen molar-refractivity contribution < 1.29 is 14.9 Å². The molecule has 0 amide bonds. The van der Waals surface area contributed by atoms with Crippen LogP contribution in [0.5, 0.6) is 0 Å². The molecule has 130 valence electrons. The van der Waals surface area contributed by atoms with Gasteiger partial charge in [-0.05, 0) is 86.9 Å². The summed E-state index contributed by atoms with van der Waals surface area (Å²) in [6, 6.07) is 0. The normalized spacial score (nSPS) is 64.2. The van der Waals surface area contributed by atoms with Gasteiger partial charge in [0.05, 0.1) is 12.2 Å². The van der Waals surface area contributed by atoms with E-state index in [4.69, 9.17) is 4.74 Å². The third kappa shape index (κ3) is 1.67. The monoisotopic (exact) mass is 320 g/mol. The maximum atomic E-state index is 11.0. The molecule has 5 rings (SSSR count). The van der Waals surface area contributed by atoms with Gasteiger partial charge in [0, 0.05) is 5.41 Å². The molecule has 0 aromatic rings. The Hall–Kier alpha value is -0.120. The van der Waals surface area contributed by atoms with Gasteiger partial charge in [0.15, 0.2) is 6.29 Å². The van der Waals surface area contributed by atoms with E-state index < -0.39 is 11.9 Å². The molecule has 3 heteroatoms. The molecule has 5 aliphatic rings. The summed E-state index contributed by atoms with van der Waals surface area (Å²) in [5.74, 6) is 1.64. The standard InChI is InChI=1S/C20H32O3/c1-17-7-3-8-20(16(21)23-12-17)14(17)6-9-19-10-13(4-5-15(19)20)18(2,22)11-19/h13-16,21-22H,3-12H2,1-2H3/t13-,14-,15-,16-,17-,18-,19+,20+/m1/s1. The van der Waals surface area contributed by atoms with Crippen LogP contribution in [0.2, 0.25) is 0 Å². The van der Waals surface area contributed by atoms with E-state index in [1.807, 2.05) is 0 Å². The van der Waals surface area contributed by atoms with Crippen molar-refractivity contribution in [2.45, 2.75) is 83.5 Å². The minimum atomic E-state index is -0.579. The Morgan fingerprint density at radius 1 is 1.00 bits per heavy atom. The zero-order valence-corrected chi connectivity index (χ0v) is 14.7. The van der Waals surface area contributed by atoms with E-state index in [0.717, 1.165) is 25.9 Å². The van der Waals surface area contributed by atoms with Crippen LogP contribution in [-0.4, -0.2) is 28.7 Å². The van der Waals surface area contributed by atoms with E-state index >= 15 is 0 Å². The first-order chi connectivity index (χ1) is 10.8. The molecule has 1 saturated heterocycles. The van der Waals surface area contributed by atoms with Crippen LogP contribution in [0.4, 0.5) is 0 Å². The van der Waals surface area contributed by atoms with E-state index in [0.29, 0.717) is 17.8 Å². The molecule has 0 unspecified atom stereocenters. The Labute approximate surface area is 139 Å². The Morgan fingerprint density at radius 2 is 1.83 bits per heavy atom. The topological polar surface area (TPSA) is 49.7 Å². The average Bonchev–Trinajstić information content (AvgIpc) is 2.68. The van der Waals surface area contributed by atoms with Crippen molar-refractivity contribution in [3.63, 3.8) is 0 Å². The van der Waals surface area contributed by atoms with Crippen LogP contribution >= 0.6 is 0 Å². The summed E-state index contributed by atoms with van der Waals surface area (Å²) >= 11 is 0. The van der Waals surface area contributed by atoms with E-state index in [9.17, 15) is 10.2 Å². The molecule has 1 spiro atoms. The van der Waals surface area contributed by atoms with Crippen LogP contribution in [0.1, 0.15) is 71.6 Å². The van der Waals surface area contributed by atoms with Crippen LogP contribution in [0.15, 0.2) is 0 Å². The third-order valence-corrected chi connectivity index (χ3v) is 9.24. The van der Waals surface area contributed by atoms with Gasteiger partial charge in [0.25, 0.3) is 0 Å². The highest BCUT2D eigenvalue weighted by atomic mass is 16.6. The molecule has 3 nitrogen and oxygen atoms in total. The SMILES string of the molecule is C[C@@]12CCC[C@]3([C@H](O)OC1)[C@@H]2CC[C@@]12C[C@@H](CC[C@H]13)[C@](C)(O)C2. The number of hydrogen-bond acceptors (Lipinski definition) is 3. The number of aliphatic hydroxyl groups is 2. The van der Waals surface area contributed by atoms with Gasteiger partial charge in [-0.2, -0.15) is 0 Å². The van der Waals surface area contributed by atoms with Crippen LogP contribution in [-0.2, 0) is 4.74 Å². The van der Waals surface area contributed by atoms with Crippen molar-refractivity contribution in [1.82, 2.24) is 0 Å². The lowest BCUT2D eigenvalue weighted by Gasteiger charge is -2.68. The van der Waals surface area contributed by atoms with Crippen LogP contribution in [0.25, 0.3) is 0 Å². The molecule has 4 aliphatic carbocycles. The van der Waals surface area contributed by atoms with E-state index in [1.54, 1.807) is 0 Å². The Morgan fingerprint density at radius 3 is 2.65 bits per heavy atom. The number of ether oxygens (including phenoxy) is 1. The maximum Gasteiger partial charge on any atom is 0.160 e. The molecule has 1 aliphatic heterocycles. The summed E-state index contributed by atoms with van der Waals surface area (Å²) in [7, 11) is 0. The van der Waals surface area contributed by atoms with Crippen molar-refractivity contribution in [1.29, 1.82) is 0 Å². The second-order valence-electron chi connectivity index (χ2n) is 10.3. The average molecular weight is 320 g/mol. The van der Waals surface area contributed by atoms with Crippen molar-refractivity contribution in [2.24, 2.45) is 34.0 Å². The Kier molecular flexibility index (Phi) is 2.86. The second-order valence-corrected chi connectivity index (χ2v) is 10.3. The molecular formula is C20H32O3. The first-order valence-electron chi connectivity index (χ1n) is 9.85. The fourth-order valence-electron chi connectivity index (χ4n) is 8.52. The molecule has 0 aromatic carbocycles. The number of fused-ring (bicyclic) bond motifs is 1. The largest absolute Gasteiger partial charge is 0.390 e.